The van der Waals surface area contributed by atoms with Crippen molar-refractivity contribution in [1.82, 2.24) is 0 Å². The van der Waals surface area contributed by atoms with Crippen molar-refractivity contribution in [3.8, 4) is 0 Å². The first-order valence-electron chi connectivity index (χ1n) is 29.2. The van der Waals surface area contributed by atoms with Crippen LogP contribution in [0.3, 0.4) is 0 Å². The van der Waals surface area contributed by atoms with Gasteiger partial charge in [-0.15, -0.1) is 0 Å². The SMILES string of the molecule is C(=C(C1CCCCC1)C1CCCCC1)C1CCC(C2CCC(C3CCC(C4CCC(C=C(C5CCCCC5)C5CCCCC5)CC4)C4CCCCC43)C3CCCCC23)CC1. The Balaban J connectivity index is 0.762. The second kappa shape index (κ2) is 21.2. The van der Waals surface area contributed by atoms with Crippen molar-refractivity contribution in [2.24, 2.45) is 94.7 Å². The monoisotopic (exact) mass is 819 g/mol. The average molecular weight is 819 g/mol. The van der Waals surface area contributed by atoms with Crippen LogP contribution >= 0.6 is 0 Å². The van der Waals surface area contributed by atoms with Gasteiger partial charge >= 0.3 is 0 Å². The van der Waals surface area contributed by atoms with E-state index in [-0.39, 0.29) is 0 Å². The van der Waals surface area contributed by atoms with Gasteiger partial charge in [0, 0.05) is 0 Å². The van der Waals surface area contributed by atoms with Crippen LogP contribution in [0.4, 0.5) is 0 Å². The number of hydrogen-bond donors (Lipinski definition) is 0. The van der Waals surface area contributed by atoms with E-state index in [4.69, 9.17) is 0 Å². The van der Waals surface area contributed by atoms with Gasteiger partial charge in [0.2, 0.25) is 0 Å². The number of rotatable bonds is 9. The largest absolute Gasteiger partial charge is 0.0817 e. The molecule has 8 atom stereocenters. The molecule has 0 aromatic carbocycles. The molecule has 8 unspecified atom stereocenters. The molecular formula is C60H98. The lowest BCUT2D eigenvalue weighted by molar-refractivity contribution is -0.0708. The Morgan fingerprint density at radius 3 is 0.733 bits per heavy atom. The van der Waals surface area contributed by atoms with Crippen LogP contribution in [0.5, 0.6) is 0 Å². The summed E-state index contributed by atoms with van der Waals surface area (Å²) in [4.78, 5) is 0. The smallest absolute Gasteiger partial charge is 0.0200 e. The second-order valence-corrected chi connectivity index (χ2v) is 25.1. The van der Waals surface area contributed by atoms with Crippen LogP contribution in [0.25, 0.3) is 0 Å². The third kappa shape index (κ3) is 9.99. The van der Waals surface area contributed by atoms with Crippen molar-refractivity contribution in [1.29, 1.82) is 0 Å². The summed E-state index contributed by atoms with van der Waals surface area (Å²) in [5.41, 5.74) is 4.03. The van der Waals surface area contributed by atoms with E-state index in [1.165, 1.54) is 128 Å². The predicted octanol–water partition coefficient (Wildman–Crippen LogP) is 18.4. The maximum atomic E-state index is 2.99. The highest BCUT2D eigenvalue weighted by Gasteiger charge is 2.51. The van der Waals surface area contributed by atoms with Crippen molar-refractivity contribution in [3.05, 3.63) is 23.3 Å². The van der Waals surface area contributed by atoms with E-state index < -0.39 is 0 Å². The number of hydrogen-bond acceptors (Lipinski definition) is 0. The lowest BCUT2D eigenvalue weighted by atomic mass is 9.49. The van der Waals surface area contributed by atoms with Crippen LogP contribution in [0.1, 0.15) is 257 Å². The van der Waals surface area contributed by atoms with Gasteiger partial charge in [0.05, 0.1) is 0 Å². The fourth-order valence-electron chi connectivity index (χ4n) is 19.3. The molecule has 10 fully saturated rings. The number of allylic oxidation sites excluding steroid dienone is 4. The minimum atomic E-state index is 0.920. The summed E-state index contributed by atoms with van der Waals surface area (Å²) in [5, 5.41) is 0. The zero-order valence-corrected chi connectivity index (χ0v) is 39.7. The quantitative estimate of drug-likeness (QED) is 0.203. The molecule has 10 saturated carbocycles. The highest BCUT2D eigenvalue weighted by atomic mass is 14.6. The summed E-state index contributed by atoms with van der Waals surface area (Å²) in [7, 11) is 0. The Labute approximate surface area is 373 Å². The molecule has 0 aromatic heterocycles. The summed E-state index contributed by atoms with van der Waals surface area (Å²) >= 11 is 0. The Bertz CT molecular complexity index is 1200. The molecule has 10 aliphatic rings. The summed E-state index contributed by atoms with van der Waals surface area (Å²) < 4.78 is 0. The zero-order chi connectivity index (χ0) is 40.1. The van der Waals surface area contributed by atoms with Gasteiger partial charge in [-0.2, -0.15) is 0 Å². The molecule has 0 aromatic rings. The molecule has 0 aliphatic heterocycles. The Morgan fingerprint density at radius 1 is 0.200 bits per heavy atom. The number of fused-ring (bicyclic) bond motifs is 2. The molecule has 10 rings (SSSR count). The van der Waals surface area contributed by atoms with Crippen molar-refractivity contribution in [3.63, 3.8) is 0 Å². The van der Waals surface area contributed by atoms with Crippen LogP contribution in [0.15, 0.2) is 23.3 Å². The van der Waals surface area contributed by atoms with Crippen molar-refractivity contribution in [2.45, 2.75) is 257 Å². The maximum absolute atomic E-state index is 2.99. The normalized spacial score (nSPS) is 42.1. The molecule has 60 heavy (non-hydrogen) atoms. The first-order valence-corrected chi connectivity index (χ1v) is 29.2. The van der Waals surface area contributed by atoms with E-state index in [0.717, 1.165) is 94.7 Å². The van der Waals surface area contributed by atoms with Gasteiger partial charge in [-0.05, 0) is 249 Å². The van der Waals surface area contributed by atoms with Gasteiger partial charge in [0.25, 0.3) is 0 Å². The van der Waals surface area contributed by atoms with Gasteiger partial charge < -0.3 is 0 Å². The minimum Gasteiger partial charge on any atom is -0.0817 e. The molecule has 0 bridgehead atoms. The molecule has 0 amide bonds. The Hall–Kier alpha value is -0.520. The van der Waals surface area contributed by atoms with Gasteiger partial charge in [-0.1, -0.05) is 126 Å². The van der Waals surface area contributed by atoms with Crippen molar-refractivity contribution < 1.29 is 0 Å². The molecular weight excluding hydrogens is 721 g/mol. The topological polar surface area (TPSA) is 0 Å². The van der Waals surface area contributed by atoms with Crippen LogP contribution in [0, 0.1) is 94.7 Å². The van der Waals surface area contributed by atoms with Crippen LogP contribution in [-0.2, 0) is 0 Å². The fraction of sp³-hybridized carbons (Fsp3) is 0.933. The van der Waals surface area contributed by atoms with Crippen LogP contribution < -0.4 is 0 Å². The lowest BCUT2D eigenvalue weighted by Crippen LogP contribution is -2.48. The molecule has 0 heteroatoms. The second-order valence-electron chi connectivity index (χ2n) is 25.1. The Kier molecular flexibility index (Phi) is 15.3. The molecule has 0 N–H and O–H groups in total. The summed E-state index contributed by atoms with van der Waals surface area (Å²) in [6.07, 6.45) is 68.0. The van der Waals surface area contributed by atoms with Crippen LogP contribution in [-0.4, -0.2) is 0 Å². The summed E-state index contributed by atoms with van der Waals surface area (Å²) in [6, 6.07) is 0. The zero-order valence-electron chi connectivity index (χ0n) is 39.7. The van der Waals surface area contributed by atoms with Crippen molar-refractivity contribution in [2.75, 3.05) is 0 Å². The van der Waals surface area contributed by atoms with E-state index in [1.807, 2.05) is 11.1 Å². The standard InChI is InChI=1S/C60H98/c1-5-17-45(18-6-1)59(46-19-7-2-8-20-46)41-43-29-33-49(34-30-43)51-37-39-57(55-27-15-13-25-53(51)55)58-40-38-52(54-26-14-16-28-56(54)58)50-35-31-44(32-36-50)42-60(47-21-9-3-10-22-47)48-23-11-4-12-24-48/h41-58H,1-40H2. The minimum absolute atomic E-state index is 0.920. The van der Waals surface area contributed by atoms with Gasteiger partial charge in [0.1, 0.15) is 0 Å². The molecule has 0 radical (unpaired) electrons. The molecule has 338 valence electrons. The highest BCUT2D eigenvalue weighted by molar-refractivity contribution is 5.16. The van der Waals surface area contributed by atoms with Gasteiger partial charge in [0.15, 0.2) is 0 Å². The van der Waals surface area contributed by atoms with E-state index >= 15 is 0 Å². The van der Waals surface area contributed by atoms with Gasteiger partial charge in [-0.25, -0.2) is 0 Å². The summed E-state index contributed by atoms with van der Waals surface area (Å²) in [5.74, 6) is 16.6. The third-order valence-electron chi connectivity index (χ3n) is 22.2. The molecule has 0 spiro atoms. The van der Waals surface area contributed by atoms with Crippen molar-refractivity contribution >= 4 is 0 Å². The fourth-order valence-corrected chi connectivity index (χ4v) is 19.3. The highest BCUT2D eigenvalue weighted by Crippen LogP contribution is 2.60. The molecule has 0 saturated heterocycles. The first-order chi connectivity index (χ1) is 29.8. The average Bonchev–Trinajstić information content (AvgIpc) is 3.33. The van der Waals surface area contributed by atoms with Crippen LogP contribution in [0.2, 0.25) is 0 Å². The molecule has 0 heterocycles. The molecule has 10 aliphatic carbocycles. The first kappa shape index (κ1) is 43.4. The third-order valence-corrected chi connectivity index (χ3v) is 22.2. The van der Waals surface area contributed by atoms with E-state index in [1.54, 1.807) is 128 Å². The molecule has 0 nitrogen and oxygen atoms in total. The van der Waals surface area contributed by atoms with E-state index in [2.05, 4.69) is 12.2 Å². The Morgan fingerprint density at radius 2 is 0.433 bits per heavy atom. The summed E-state index contributed by atoms with van der Waals surface area (Å²) in [6.45, 7) is 0. The maximum Gasteiger partial charge on any atom is -0.0200 e. The predicted molar refractivity (Wildman–Crippen MR) is 257 cm³/mol. The van der Waals surface area contributed by atoms with Gasteiger partial charge in [-0.3, -0.25) is 0 Å². The lowest BCUT2D eigenvalue weighted by Gasteiger charge is -2.57. The van der Waals surface area contributed by atoms with E-state index in [9.17, 15) is 0 Å². The van der Waals surface area contributed by atoms with E-state index in [0.29, 0.717) is 0 Å².